The predicted octanol–water partition coefficient (Wildman–Crippen LogP) is 1.61. The number of aliphatic carboxylic acids is 1. The first-order valence-corrected chi connectivity index (χ1v) is 6.45. The summed E-state index contributed by atoms with van der Waals surface area (Å²) in [6, 6.07) is 5.44. The first kappa shape index (κ1) is 14.2. The summed E-state index contributed by atoms with van der Waals surface area (Å²) in [6.45, 7) is 2.55. The minimum absolute atomic E-state index is 0.254. The Morgan fingerprint density at radius 1 is 1.35 bits per heavy atom. The fourth-order valence-corrected chi connectivity index (χ4v) is 2.17. The summed E-state index contributed by atoms with van der Waals surface area (Å²) in [5.74, 6) is -1.28. The first-order valence-electron chi connectivity index (χ1n) is 6.45. The number of carbonyl (C=O) groups excluding carboxylic acids is 1. The summed E-state index contributed by atoms with van der Waals surface area (Å²) >= 11 is 0. The number of carbonyl (C=O) groups is 2. The van der Waals surface area contributed by atoms with Crippen molar-refractivity contribution in [3.63, 3.8) is 0 Å². The molecule has 1 aromatic rings. The van der Waals surface area contributed by atoms with E-state index in [1.165, 1.54) is 4.90 Å². The van der Waals surface area contributed by atoms with Gasteiger partial charge in [0.15, 0.2) is 0 Å². The molecule has 1 aliphatic rings. The zero-order valence-electron chi connectivity index (χ0n) is 11.9. The molecule has 0 bridgehead atoms. The molecular formula is C14H19N3O3. The third kappa shape index (κ3) is 2.84. The third-order valence-corrected chi connectivity index (χ3v) is 3.46. The zero-order valence-corrected chi connectivity index (χ0v) is 11.9. The average Bonchev–Trinajstić information content (AvgIpc) is 2.28. The molecule has 0 radical (unpaired) electrons. The summed E-state index contributed by atoms with van der Waals surface area (Å²) in [5, 5.41) is 11.6. The standard InChI is InChI=1S/C14H19N3O3/c1-9-4-5-11(6-12(9)16(2)3)15-14(20)17-7-10(8-17)13(18)19/h4-6,10H,7-8H2,1-3H3,(H,15,20)(H,18,19). The van der Waals surface area contributed by atoms with E-state index in [9.17, 15) is 9.59 Å². The van der Waals surface area contributed by atoms with Crippen LogP contribution in [0.1, 0.15) is 5.56 Å². The Bertz CT molecular complexity index is 536. The Hall–Kier alpha value is -2.24. The maximum atomic E-state index is 11.9. The van der Waals surface area contributed by atoms with E-state index in [4.69, 9.17) is 5.11 Å². The lowest BCUT2D eigenvalue weighted by Crippen LogP contribution is -2.54. The number of likely N-dealkylation sites (tertiary alicyclic amines) is 1. The van der Waals surface area contributed by atoms with Crippen LogP contribution in [0, 0.1) is 12.8 Å². The van der Waals surface area contributed by atoms with Crippen LogP contribution in [0.25, 0.3) is 0 Å². The van der Waals surface area contributed by atoms with Crippen LogP contribution in [0.15, 0.2) is 18.2 Å². The number of nitrogens with one attached hydrogen (secondary N) is 1. The van der Waals surface area contributed by atoms with Gasteiger partial charge in [-0.15, -0.1) is 0 Å². The van der Waals surface area contributed by atoms with Crippen LogP contribution in [0.5, 0.6) is 0 Å². The summed E-state index contributed by atoms with van der Waals surface area (Å²) in [6.07, 6.45) is 0. The molecule has 1 saturated heterocycles. The highest BCUT2D eigenvalue weighted by Crippen LogP contribution is 2.23. The largest absolute Gasteiger partial charge is 0.481 e. The Balaban J connectivity index is 1.99. The van der Waals surface area contributed by atoms with Crippen molar-refractivity contribution in [2.24, 2.45) is 5.92 Å². The quantitative estimate of drug-likeness (QED) is 0.880. The van der Waals surface area contributed by atoms with Gasteiger partial charge in [0, 0.05) is 38.6 Å². The first-order chi connectivity index (χ1) is 9.38. The molecule has 1 heterocycles. The van der Waals surface area contributed by atoms with Gasteiger partial charge in [0.05, 0.1) is 5.92 Å². The average molecular weight is 277 g/mol. The van der Waals surface area contributed by atoms with Gasteiger partial charge in [-0.2, -0.15) is 0 Å². The van der Waals surface area contributed by atoms with E-state index in [0.29, 0.717) is 5.69 Å². The molecule has 2 amide bonds. The highest BCUT2D eigenvalue weighted by Gasteiger charge is 2.35. The van der Waals surface area contributed by atoms with Crippen molar-refractivity contribution in [2.75, 3.05) is 37.4 Å². The molecule has 0 saturated carbocycles. The summed E-state index contributed by atoms with van der Waals surface area (Å²) < 4.78 is 0. The van der Waals surface area contributed by atoms with E-state index in [1.807, 2.05) is 44.1 Å². The molecule has 6 nitrogen and oxygen atoms in total. The van der Waals surface area contributed by atoms with Crippen LogP contribution < -0.4 is 10.2 Å². The van der Waals surface area contributed by atoms with E-state index >= 15 is 0 Å². The molecule has 2 N–H and O–H groups in total. The van der Waals surface area contributed by atoms with Crippen molar-refractivity contribution >= 4 is 23.4 Å². The SMILES string of the molecule is Cc1ccc(NC(=O)N2CC(C(=O)O)C2)cc1N(C)C. The maximum Gasteiger partial charge on any atom is 0.321 e. The number of hydrogen-bond acceptors (Lipinski definition) is 3. The van der Waals surface area contributed by atoms with Crippen molar-refractivity contribution in [3.05, 3.63) is 23.8 Å². The molecule has 1 aliphatic heterocycles. The number of carboxylic acids is 1. The predicted molar refractivity (Wildman–Crippen MR) is 77.2 cm³/mol. The van der Waals surface area contributed by atoms with Crippen molar-refractivity contribution < 1.29 is 14.7 Å². The molecule has 0 spiro atoms. The normalized spacial score (nSPS) is 14.7. The molecular weight excluding hydrogens is 258 g/mol. The Morgan fingerprint density at radius 2 is 2.00 bits per heavy atom. The third-order valence-electron chi connectivity index (χ3n) is 3.46. The van der Waals surface area contributed by atoms with Crippen LogP contribution in [0.3, 0.4) is 0 Å². The van der Waals surface area contributed by atoms with E-state index in [1.54, 1.807) is 0 Å². The lowest BCUT2D eigenvalue weighted by molar-refractivity contribution is -0.145. The second-order valence-corrected chi connectivity index (χ2v) is 5.27. The van der Waals surface area contributed by atoms with Gasteiger partial charge in [0.25, 0.3) is 0 Å². The number of carboxylic acid groups (broad SMARTS) is 1. The van der Waals surface area contributed by atoms with Gasteiger partial charge in [0.2, 0.25) is 0 Å². The number of hydrogen-bond donors (Lipinski definition) is 2. The van der Waals surface area contributed by atoms with E-state index < -0.39 is 11.9 Å². The van der Waals surface area contributed by atoms with Crippen LogP contribution in [-0.2, 0) is 4.79 Å². The van der Waals surface area contributed by atoms with Crippen molar-refractivity contribution in [1.82, 2.24) is 4.90 Å². The summed E-state index contributed by atoms with van der Waals surface area (Å²) in [7, 11) is 3.89. The topological polar surface area (TPSA) is 72.9 Å². The fourth-order valence-electron chi connectivity index (χ4n) is 2.17. The number of nitrogens with zero attached hydrogens (tertiary/aromatic N) is 2. The highest BCUT2D eigenvalue weighted by atomic mass is 16.4. The van der Waals surface area contributed by atoms with E-state index in [2.05, 4.69) is 5.32 Å². The van der Waals surface area contributed by atoms with Crippen molar-refractivity contribution in [2.45, 2.75) is 6.92 Å². The van der Waals surface area contributed by atoms with Crippen molar-refractivity contribution in [1.29, 1.82) is 0 Å². The fraction of sp³-hybridized carbons (Fsp3) is 0.429. The zero-order chi connectivity index (χ0) is 14.9. The van der Waals surface area contributed by atoms with Crippen LogP contribution >= 0.6 is 0 Å². The molecule has 6 heteroatoms. The van der Waals surface area contributed by atoms with Gasteiger partial charge >= 0.3 is 12.0 Å². The number of benzene rings is 1. The molecule has 0 unspecified atom stereocenters. The Labute approximate surface area is 118 Å². The molecule has 2 rings (SSSR count). The van der Waals surface area contributed by atoms with E-state index in [-0.39, 0.29) is 19.1 Å². The minimum atomic E-state index is -0.848. The minimum Gasteiger partial charge on any atom is -0.481 e. The van der Waals surface area contributed by atoms with Crippen LogP contribution in [0.2, 0.25) is 0 Å². The van der Waals surface area contributed by atoms with E-state index in [0.717, 1.165) is 11.3 Å². The number of anilines is 2. The number of rotatable bonds is 3. The van der Waals surface area contributed by atoms with Crippen LogP contribution in [0.4, 0.5) is 16.2 Å². The summed E-state index contributed by atoms with van der Waals surface area (Å²) in [5.41, 5.74) is 2.88. The molecule has 1 aromatic carbocycles. The van der Waals surface area contributed by atoms with Gasteiger partial charge < -0.3 is 20.2 Å². The lowest BCUT2D eigenvalue weighted by atomic mass is 10.0. The van der Waals surface area contributed by atoms with Gasteiger partial charge in [-0.3, -0.25) is 4.79 Å². The monoisotopic (exact) mass is 277 g/mol. The Kier molecular flexibility index (Phi) is 3.83. The molecule has 0 atom stereocenters. The lowest BCUT2D eigenvalue weighted by Gasteiger charge is -2.36. The van der Waals surface area contributed by atoms with Gasteiger partial charge in [-0.1, -0.05) is 6.07 Å². The number of amides is 2. The second-order valence-electron chi connectivity index (χ2n) is 5.27. The van der Waals surface area contributed by atoms with Crippen molar-refractivity contribution in [3.8, 4) is 0 Å². The molecule has 108 valence electrons. The second kappa shape index (κ2) is 5.40. The molecule has 0 aliphatic carbocycles. The van der Waals surface area contributed by atoms with Gasteiger partial charge in [-0.25, -0.2) is 4.79 Å². The smallest absolute Gasteiger partial charge is 0.321 e. The van der Waals surface area contributed by atoms with Gasteiger partial charge in [-0.05, 0) is 24.6 Å². The molecule has 1 fully saturated rings. The molecule has 0 aromatic heterocycles. The molecule has 20 heavy (non-hydrogen) atoms. The highest BCUT2D eigenvalue weighted by molar-refractivity contribution is 5.91. The van der Waals surface area contributed by atoms with Gasteiger partial charge in [0.1, 0.15) is 0 Å². The Morgan fingerprint density at radius 3 is 2.55 bits per heavy atom. The number of aryl methyl sites for hydroxylation is 1. The summed E-state index contributed by atoms with van der Waals surface area (Å²) in [4.78, 5) is 26.1. The maximum absolute atomic E-state index is 11.9. The number of urea groups is 1. The van der Waals surface area contributed by atoms with Crippen LogP contribution in [-0.4, -0.2) is 49.2 Å².